The summed E-state index contributed by atoms with van der Waals surface area (Å²) in [6.07, 6.45) is 0. The largest absolute Gasteiger partial charge is 0.207 e. The van der Waals surface area contributed by atoms with Gasteiger partial charge in [-0.05, 0) is 41.5 Å². The van der Waals surface area contributed by atoms with Crippen molar-refractivity contribution in [1.82, 2.24) is 0 Å². The molecule has 1 rings (SSSR count). The van der Waals surface area contributed by atoms with E-state index in [1.54, 1.807) is 6.07 Å². The Morgan fingerprint density at radius 3 is 1.79 bits per heavy atom. The quantitative estimate of drug-likeness (QED) is 0.655. The first-order chi connectivity index (χ1) is 6.43. The summed E-state index contributed by atoms with van der Waals surface area (Å²) < 4.78 is 13.4. The summed E-state index contributed by atoms with van der Waals surface area (Å²) in [6.45, 7) is 10.3. The second kappa shape index (κ2) is 4.12. The van der Waals surface area contributed by atoms with Gasteiger partial charge >= 0.3 is 0 Å². The van der Waals surface area contributed by atoms with Gasteiger partial charge in [0.05, 0.1) is 0 Å². The predicted octanol–water partition coefficient (Wildman–Crippen LogP) is 4.38. The van der Waals surface area contributed by atoms with Crippen LogP contribution < -0.4 is 0 Å². The summed E-state index contributed by atoms with van der Waals surface area (Å²) in [5, 5.41) is 0. The van der Waals surface area contributed by atoms with E-state index in [9.17, 15) is 4.39 Å². The van der Waals surface area contributed by atoms with Gasteiger partial charge in [0.15, 0.2) is 0 Å². The van der Waals surface area contributed by atoms with E-state index in [4.69, 9.17) is 0 Å². The molecule has 0 amide bonds. The first-order valence-corrected chi connectivity index (χ1v) is 5.23. The van der Waals surface area contributed by atoms with Crippen molar-refractivity contribution in [3.05, 3.63) is 34.6 Å². The zero-order chi connectivity index (χ0) is 10.9. The van der Waals surface area contributed by atoms with Gasteiger partial charge in [-0.1, -0.05) is 33.8 Å². The van der Waals surface area contributed by atoms with Gasteiger partial charge in [-0.25, -0.2) is 4.39 Å². The maximum atomic E-state index is 13.4. The van der Waals surface area contributed by atoms with Crippen LogP contribution in [0.3, 0.4) is 0 Å². The summed E-state index contributed by atoms with van der Waals surface area (Å²) in [5.41, 5.74) is 3.17. The summed E-state index contributed by atoms with van der Waals surface area (Å²) in [6, 6.07) is 3.67. The molecule has 0 bridgehead atoms. The van der Waals surface area contributed by atoms with Crippen LogP contribution in [-0.4, -0.2) is 0 Å². The molecular formula is C13H19F. The predicted molar refractivity (Wildman–Crippen MR) is 59.3 cm³/mol. The molecule has 0 saturated heterocycles. The molecule has 0 aromatic heterocycles. The highest BCUT2D eigenvalue weighted by atomic mass is 19.1. The number of aryl methyl sites for hydroxylation is 1. The second-order valence-corrected chi connectivity index (χ2v) is 4.54. The van der Waals surface area contributed by atoms with Crippen LogP contribution in [0.2, 0.25) is 0 Å². The van der Waals surface area contributed by atoms with Crippen LogP contribution in [0.5, 0.6) is 0 Å². The molecule has 1 heteroatoms. The Bertz CT molecular complexity index is 291. The Kier molecular flexibility index (Phi) is 3.30. The molecule has 1 aromatic rings. The molecule has 0 aliphatic carbocycles. The van der Waals surface area contributed by atoms with E-state index in [1.807, 2.05) is 13.0 Å². The molecule has 0 unspecified atom stereocenters. The highest BCUT2D eigenvalue weighted by Crippen LogP contribution is 2.28. The SMILES string of the molecule is Cc1cc(C(C)C)c(C(C)C)cc1F. The van der Waals surface area contributed by atoms with Crippen LogP contribution in [0.1, 0.15) is 56.2 Å². The van der Waals surface area contributed by atoms with Gasteiger partial charge in [-0.15, -0.1) is 0 Å². The lowest BCUT2D eigenvalue weighted by Crippen LogP contribution is -2.01. The Hall–Kier alpha value is -0.850. The van der Waals surface area contributed by atoms with Crippen molar-refractivity contribution in [3.63, 3.8) is 0 Å². The summed E-state index contributed by atoms with van der Waals surface area (Å²) >= 11 is 0. The molecule has 0 N–H and O–H groups in total. The molecule has 0 aliphatic heterocycles. The van der Waals surface area contributed by atoms with E-state index in [2.05, 4.69) is 27.7 Å². The van der Waals surface area contributed by atoms with Crippen molar-refractivity contribution in [2.75, 3.05) is 0 Å². The molecule has 78 valence electrons. The number of hydrogen-bond donors (Lipinski definition) is 0. The highest BCUT2D eigenvalue weighted by Gasteiger charge is 2.12. The Balaban J connectivity index is 3.31. The third-order valence-corrected chi connectivity index (χ3v) is 2.61. The molecule has 0 atom stereocenters. The van der Waals surface area contributed by atoms with Gasteiger partial charge in [-0.2, -0.15) is 0 Å². The summed E-state index contributed by atoms with van der Waals surface area (Å²) in [4.78, 5) is 0. The van der Waals surface area contributed by atoms with Gasteiger partial charge < -0.3 is 0 Å². The minimum atomic E-state index is -0.0851. The molecule has 0 fully saturated rings. The van der Waals surface area contributed by atoms with Crippen molar-refractivity contribution in [2.24, 2.45) is 0 Å². The fourth-order valence-electron chi connectivity index (χ4n) is 1.72. The lowest BCUT2D eigenvalue weighted by molar-refractivity contribution is 0.610. The van der Waals surface area contributed by atoms with Crippen LogP contribution in [0.15, 0.2) is 12.1 Å². The Morgan fingerprint density at radius 1 is 0.929 bits per heavy atom. The lowest BCUT2D eigenvalue weighted by atomic mass is 9.89. The first kappa shape index (κ1) is 11.2. The summed E-state index contributed by atoms with van der Waals surface area (Å²) in [5.74, 6) is 0.771. The molecule has 0 aliphatic rings. The fourth-order valence-corrected chi connectivity index (χ4v) is 1.72. The topological polar surface area (TPSA) is 0 Å². The molecule has 0 nitrogen and oxygen atoms in total. The minimum Gasteiger partial charge on any atom is -0.207 e. The number of benzene rings is 1. The van der Waals surface area contributed by atoms with Crippen LogP contribution in [0.4, 0.5) is 4.39 Å². The van der Waals surface area contributed by atoms with Crippen molar-refractivity contribution in [3.8, 4) is 0 Å². The van der Waals surface area contributed by atoms with Crippen LogP contribution in [0.25, 0.3) is 0 Å². The van der Waals surface area contributed by atoms with Crippen LogP contribution >= 0.6 is 0 Å². The fraction of sp³-hybridized carbons (Fsp3) is 0.538. The van der Waals surface area contributed by atoms with E-state index in [0.717, 1.165) is 11.1 Å². The zero-order valence-corrected chi connectivity index (χ0v) is 9.69. The molecular weight excluding hydrogens is 175 g/mol. The average molecular weight is 194 g/mol. The van der Waals surface area contributed by atoms with Crippen LogP contribution in [-0.2, 0) is 0 Å². The van der Waals surface area contributed by atoms with Gasteiger partial charge in [0, 0.05) is 0 Å². The van der Waals surface area contributed by atoms with Gasteiger partial charge in [0.1, 0.15) is 5.82 Å². The number of rotatable bonds is 2. The third kappa shape index (κ3) is 2.14. The van der Waals surface area contributed by atoms with Crippen molar-refractivity contribution in [2.45, 2.75) is 46.5 Å². The normalized spacial score (nSPS) is 11.4. The molecule has 1 aromatic carbocycles. The molecule has 0 spiro atoms. The minimum absolute atomic E-state index is 0.0851. The zero-order valence-electron chi connectivity index (χ0n) is 9.69. The Morgan fingerprint density at radius 2 is 1.36 bits per heavy atom. The second-order valence-electron chi connectivity index (χ2n) is 4.54. The monoisotopic (exact) mass is 194 g/mol. The average Bonchev–Trinajstić information content (AvgIpc) is 2.08. The maximum Gasteiger partial charge on any atom is 0.126 e. The van der Waals surface area contributed by atoms with E-state index in [0.29, 0.717) is 11.8 Å². The van der Waals surface area contributed by atoms with Crippen molar-refractivity contribution >= 4 is 0 Å². The lowest BCUT2D eigenvalue weighted by Gasteiger charge is -2.17. The standard InChI is InChI=1S/C13H19F/c1-8(2)11-6-10(5)13(14)7-12(11)9(3)4/h6-9H,1-5H3. The smallest absolute Gasteiger partial charge is 0.126 e. The van der Waals surface area contributed by atoms with Gasteiger partial charge in [0.25, 0.3) is 0 Å². The van der Waals surface area contributed by atoms with Gasteiger partial charge in [0.2, 0.25) is 0 Å². The van der Waals surface area contributed by atoms with Gasteiger partial charge in [-0.3, -0.25) is 0 Å². The van der Waals surface area contributed by atoms with Crippen LogP contribution in [0, 0.1) is 12.7 Å². The van der Waals surface area contributed by atoms with Crippen molar-refractivity contribution < 1.29 is 4.39 Å². The van der Waals surface area contributed by atoms with Crippen molar-refractivity contribution in [1.29, 1.82) is 0 Å². The van der Waals surface area contributed by atoms with E-state index < -0.39 is 0 Å². The molecule has 14 heavy (non-hydrogen) atoms. The highest BCUT2D eigenvalue weighted by molar-refractivity contribution is 5.36. The Labute approximate surface area is 86.2 Å². The maximum absolute atomic E-state index is 13.4. The number of hydrogen-bond acceptors (Lipinski definition) is 0. The van der Waals surface area contributed by atoms with E-state index >= 15 is 0 Å². The summed E-state index contributed by atoms with van der Waals surface area (Å²) in [7, 11) is 0. The first-order valence-electron chi connectivity index (χ1n) is 5.23. The molecule has 0 saturated carbocycles. The van der Waals surface area contributed by atoms with E-state index in [-0.39, 0.29) is 5.82 Å². The number of halogens is 1. The third-order valence-electron chi connectivity index (χ3n) is 2.61. The molecule has 0 heterocycles. The van der Waals surface area contributed by atoms with E-state index in [1.165, 1.54) is 5.56 Å². The molecule has 0 radical (unpaired) electrons.